The lowest BCUT2D eigenvalue weighted by atomic mass is 10.1. The summed E-state index contributed by atoms with van der Waals surface area (Å²) in [5.41, 5.74) is 0.277. The molecule has 0 saturated carbocycles. The lowest BCUT2D eigenvalue weighted by molar-refractivity contribution is -0.137. The van der Waals surface area contributed by atoms with E-state index in [1.165, 1.54) is 22.8 Å². The highest BCUT2D eigenvalue weighted by molar-refractivity contribution is 6.03. The first kappa shape index (κ1) is 20.5. The van der Waals surface area contributed by atoms with Crippen molar-refractivity contribution in [1.82, 2.24) is 9.55 Å². The van der Waals surface area contributed by atoms with Crippen molar-refractivity contribution in [3.05, 3.63) is 81.8 Å². The van der Waals surface area contributed by atoms with E-state index < -0.39 is 17.9 Å². The highest BCUT2D eigenvalue weighted by atomic mass is 19.4. The van der Waals surface area contributed by atoms with Gasteiger partial charge in [0.2, 0.25) is 11.9 Å². The molecule has 0 aliphatic carbocycles. The van der Waals surface area contributed by atoms with E-state index in [9.17, 15) is 18.0 Å². The van der Waals surface area contributed by atoms with Crippen LogP contribution in [0.15, 0.2) is 64.4 Å². The fourth-order valence-electron chi connectivity index (χ4n) is 3.22. The molecule has 2 heterocycles. The molecule has 7 nitrogen and oxygen atoms in total. The summed E-state index contributed by atoms with van der Waals surface area (Å²) in [6, 6.07) is 13.1. The number of benzene rings is 2. The molecular formula is C21H18F3N5O2. The molecule has 2 N–H and O–H groups in total. The predicted octanol–water partition coefficient (Wildman–Crippen LogP) is 4.02. The van der Waals surface area contributed by atoms with Crippen LogP contribution in [0.5, 0.6) is 5.75 Å². The van der Waals surface area contributed by atoms with Crippen LogP contribution in [0.2, 0.25) is 0 Å². The summed E-state index contributed by atoms with van der Waals surface area (Å²) in [5.74, 6) is 1.03. The lowest BCUT2D eigenvalue weighted by Crippen LogP contribution is -2.37. The number of methoxy groups -OCH3 is 1. The maximum atomic E-state index is 13.0. The number of hydrogen-bond donors (Lipinski definition) is 2. The number of fused-ring (bicyclic) bond motifs is 1. The van der Waals surface area contributed by atoms with E-state index in [-0.39, 0.29) is 23.2 Å². The van der Waals surface area contributed by atoms with Gasteiger partial charge < -0.3 is 10.1 Å². The maximum absolute atomic E-state index is 13.0. The van der Waals surface area contributed by atoms with Gasteiger partial charge in [0.15, 0.2) is 6.17 Å². The van der Waals surface area contributed by atoms with Crippen LogP contribution < -0.4 is 20.9 Å². The maximum Gasteiger partial charge on any atom is 0.416 e. The van der Waals surface area contributed by atoms with Crippen LogP contribution in [0, 0.1) is 6.92 Å². The summed E-state index contributed by atoms with van der Waals surface area (Å²) in [4.78, 5) is 21.5. The van der Waals surface area contributed by atoms with Crippen LogP contribution in [-0.2, 0) is 6.18 Å². The third kappa shape index (κ3) is 4.23. The van der Waals surface area contributed by atoms with Gasteiger partial charge in [0.25, 0.3) is 5.56 Å². The van der Waals surface area contributed by atoms with Gasteiger partial charge >= 0.3 is 6.18 Å². The second-order valence-corrected chi connectivity index (χ2v) is 6.88. The van der Waals surface area contributed by atoms with Gasteiger partial charge in [-0.15, -0.1) is 0 Å². The second kappa shape index (κ2) is 7.78. The largest absolute Gasteiger partial charge is 0.497 e. The monoisotopic (exact) mass is 429 g/mol. The van der Waals surface area contributed by atoms with E-state index in [0.717, 1.165) is 12.1 Å². The Labute approximate surface area is 175 Å². The number of guanidine groups is 1. The summed E-state index contributed by atoms with van der Waals surface area (Å²) < 4.78 is 45.7. The Morgan fingerprint density at radius 3 is 2.55 bits per heavy atom. The molecule has 0 radical (unpaired) electrons. The van der Waals surface area contributed by atoms with Gasteiger partial charge in [-0.2, -0.15) is 13.2 Å². The van der Waals surface area contributed by atoms with E-state index in [2.05, 4.69) is 20.6 Å². The molecule has 1 aromatic heterocycles. The quantitative estimate of drug-likeness (QED) is 0.658. The smallest absolute Gasteiger partial charge is 0.416 e. The van der Waals surface area contributed by atoms with Crippen LogP contribution in [-0.4, -0.2) is 22.6 Å². The molecular weight excluding hydrogens is 411 g/mol. The number of alkyl halides is 3. The number of ether oxygens (including phenoxy) is 1. The Morgan fingerprint density at radius 2 is 1.87 bits per heavy atom. The highest BCUT2D eigenvalue weighted by Crippen LogP contribution is 2.31. The van der Waals surface area contributed by atoms with Gasteiger partial charge in [0.1, 0.15) is 5.75 Å². The zero-order valence-electron chi connectivity index (χ0n) is 16.6. The SMILES string of the molecule is COc1ccc([C@@H]2N=C(Nc3cccc(C(F)(F)F)c3)Nc3nc(C)cc(=O)n32)cc1. The van der Waals surface area contributed by atoms with E-state index in [1.807, 2.05) is 0 Å². The first-order chi connectivity index (χ1) is 14.7. The molecule has 0 amide bonds. The fraction of sp³-hybridized carbons (Fsp3) is 0.190. The molecule has 160 valence electrons. The van der Waals surface area contributed by atoms with Crippen LogP contribution >= 0.6 is 0 Å². The first-order valence-corrected chi connectivity index (χ1v) is 9.28. The average Bonchev–Trinajstić information content (AvgIpc) is 2.72. The molecule has 0 spiro atoms. The number of hydrogen-bond acceptors (Lipinski definition) is 6. The Hall–Kier alpha value is -3.82. The van der Waals surface area contributed by atoms with E-state index in [1.54, 1.807) is 38.3 Å². The number of aromatic nitrogens is 2. The third-order valence-electron chi connectivity index (χ3n) is 4.67. The summed E-state index contributed by atoms with van der Waals surface area (Å²) in [6.07, 6.45) is -5.24. The van der Waals surface area contributed by atoms with Crippen molar-refractivity contribution in [3.63, 3.8) is 0 Å². The van der Waals surface area contributed by atoms with Gasteiger partial charge in [-0.1, -0.05) is 18.2 Å². The Balaban J connectivity index is 1.75. The zero-order valence-corrected chi connectivity index (χ0v) is 16.6. The van der Waals surface area contributed by atoms with Crippen LogP contribution in [0.3, 0.4) is 0 Å². The molecule has 2 aromatic carbocycles. The summed E-state index contributed by atoms with van der Waals surface area (Å²) in [7, 11) is 1.54. The molecule has 1 aliphatic heterocycles. The number of rotatable bonds is 3. The van der Waals surface area contributed by atoms with E-state index in [4.69, 9.17) is 4.74 Å². The molecule has 3 aromatic rings. The van der Waals surface area contributed by atoms with Gasteiger partial charge in [0.05, 0.1) is 12.7 Å². The lowest BCUT2D eigenvalue weighted by Gasteiger charge is -2.27. The topological polar surface area (TPSA) is 80.5 Å². The average molecular weight is 429 g/mol. The number of nitrogens with zero attached hydrogens (tertiary/aromatic N) is 3. The van der Waals surface area contributed by atoms with Crippen molar-refractivity contribution in [3.8, 4) is 5.75 Å². The summed E-state index contributed by atoms with van der Waals surface area (Å²) in [6.45, 7) is 1.68. The minimum absolute atomic E-state index is 0.164. The summed E-state index contributed by atoms with van der Waals surface area (Å²) in [5, 5.41) is 5.75. The Morgan fingerprint density at radius 1 is 1.13 bits per heavy atom. The molecule has 31 heavy (non-hydrogen) atoms. The van der Waals surface area contributed by atoms with E-state index >= 15 is 0 Å². The summed E-state index contributed by atoms with van der Waals surface area (Å²) >= 11 is 0. The van der Waals surface area contributed by atoms with Crippen molar-refractivity contribution in [2.45, 2.75) is 19.3 Å². The second-order valence-electron chi connectivity index (χ2n) is 6.88. The van der Waals surface area contributed by atoms with Crippen molar-refractivity contribution >= 4 is 17.6 Å². The van der Waals surface area contributed by atoms with Crippen LogP contribution in [0.1, 0.15) is 23.0 Å². The van der Waals surface area contributed by atoms with Crippen molar-refractivity contribution in [2.24, 2.45) is 4.99 Å². The number of aliphatic imine (C=N–C) groups is 1. The van der Waals surface area contributed by atoms with Gasteiger partial charge in [0, 0.05) is 17.4 Å². The van der Waals surface area contributed by atoms with Crippen molar-refractivity contribution < 1.29 is 17.9 Å². The van der Waals surface area contributed by atoms with Gasteiger partial charge in [-0.3, -0.25) is 14.7 Å². The number of aryl methyl sites for hydroxylation is 1. The number of nitrogens with one attached hydrogen (secondary N) is 2. The predicted molar refractivity (Wildman–Crippen MR) is 110 cm³/mol. The molecule has 10 heteroatoms. The van der Waals surface area contributed by atoms with Crippen LogP contribution in [0.4, 0.5) is 24.8 Å². The molecule has 1 aliphatic rings. The first-order valence-electron chi connectivity index (χ1n) is 9.28. The van der Waals surface area contributed by atoms with Crippen molar-refractivity contribution in [2.75, 3.05) is 17.7 Å². The third-order valence-corrected chi connectivity index (χ3v) is 4.67. The Bertz CT molecular complexity index is 1200. The van der Waals surface area contributed by atoms with E-state index in [0.29, 0.717) is 17.0 Å². The number of halogens is 3. The fourth-order valence-corrected chi connectivity index (χ4v) is 3.22. The highest BCUT2D eigenvalue weighted by Gasteiger charge is 2.31. The molecule has 4 rings (SSSR count). The van der Waals surface area contributed by atoms with Gasteiger partial charge in [-0.25, -0.2) is 9.98 Å². The molecule has 0 fully saturated rings. The Kier molecular flexibility index (Phi) is 5.14. The van der Waals surface area contributed by atoms with Gasteiger partial charge in [-0.05, 0) is 42.8 Å². The van der Waals surface area contributed by atoms with Crippen LogP contribution in [0.25, 0.3) is 0 Å². The zero-order chi connectivity index (χ0) is 22.2. The van der Waals surface area contributed by atoms with Crippen molar-refractivity contribution in [1.29, 1.82) is 0 Å². The minimum atomic E-state index is -4.47. The molecule has 0 saturated heterocycles. The normalized spacial score (nSPS) is 15.5. The molecule has 0 bridgehead atoms. The minimum Gasteiger partial charge on any atom is -0.497 e. The number of anilines is 2. The standard InChI is InChI=1S/C21H18F3N5O2/c1-12-10-17(30)29-18(13-6-8-16(31-2)9-7-13)27-19(28-20(29)25-12)26-15-5-3-4-14(11-15)21(22,23)24/h3-11,18H,1-2H3,(H2,25,26,27,28)/t18-/m1/s1. The molecule has 0 unspecified atom stereocenters. The molecule has 1 atom stereocenters.